The number of nitrogens with zero attached hydrogens (tertiary/aromatic N) is 3. The van der Waals surface area contributed by atoms with E-state index in [1.165, 1.54) is 44.2 Å². The molecule has 5 rings (SSSR count). The molecule has 1 aliphatic carbocycles. The lowest BCUT2D eigenvalue weighted by atomic mass is 9.94. The van der Waals surface area contributed by atoms with Gasteiger partial charge in [0.25, 0.3) is 0 Å². The quantitative estimate of drug-likeness (QED) is 0.344. The molecular formula is C22H20FIN4. The third kappa shape index (κ3) is 3.03. The molecule has 0 saturated heterocycles. The van der Waals surface area contributed by atoms with Gasteiger partial charge in [0.2, 0.25) is 0 Å². The number of fused-ring (bicyclic) bond motifs is 1. The molecule has 3 heterocycles. The van der Waals surface area contributed by atoms with Gasteiger partial charge in [-0.1, -0.05) is 19.3 Å². The van der Waals surface area contributed by atoms with Crippen LogP contribution >= 0.6 is 22.6 Å². The number of rotatable bonds is 3. The van der Waals surface area contributed by atoms with Gasteiger partial charge < -0.3 is 9.55 Å². The first kappa shape index (κ1) is 17.8. The molecule has 3 aromatic heterocycles. The Morgan fingerprint density at radius 1 is 1.04 bits per heavy atom. The number of hydrogen-bond donors (Lipinski definition) is 1. The van der Waals surface area contributed by atoms with Crippen LogP contribution in [-0.2, 0) is 0 Å². The lowest BCUT2D eigenvalue weighted by molar-refractivity contribution is 0.351. The van der Waals surface area contributed by atoms with Crippen molar-refractivity contribution >= 4 is 33.6 Å². The third-order valence-corrected chi connectivity index (χ3v) is 6.40. The molecule has 1 aliphatic rings. The van der Waals surface area contributed by atoms with Gasteiger partial charge in [-0.25, -0.2) is 14.4 Å². The van der Waals surface area contributed by atoms with E-state index < -0.39 is 0 Å². The predicted octanol–water partition coefficient (Wildman–Crippen LogP) is 6.34. The molecule has 4 nitrogen and oxygen atoms in total. The molecule has 1 N–H and O–H groups in total. The van der Waals surface area contributed by atoms with Crippen molar-refractivity contribution in [3.05, 3.63) is 58.4 Å². The fraction of sp³-hybridized carbons (Fsp3) is 0.273. The number of benzene rings is 1. The van der Waals surface area contributed by atoms with Crippen LogP contribution < -0.4 is 0 Å². The van der Waals surface area contributed by atoms with Crippen LogP contribution in [0.25, 0.3) is 33.5 Å². The molecule has 0 unspecified atom stereocenters. The SMILES string of the molecule is Fc1ccc(-c2nc(I)n(C3CCCCC3)c2-c2ccnc3[nH]ccc23)cc1. The Balaban J connectivity index is 1.78. The maximum atomic E-state index is 13.5. The number of pyridine rings is 1. The van der Waals surface area contributed by atoms with Crippen molar-refractivity contribution in [1.82, 2.24) is 19.5 Å². The summed E-state index contributed by atoms with van der Waals surface area (Å²) in [6.45, 7) is 0. The molecule has 1 aromatic carbocycles. The maximum absolute atomic E-state index is 13.5. The third-order valence-electron chi connectivity index (χ3n) is 5.64. The highest BCUT2D eigenvalue weighted by Gasteiger charge is 2.26. The normalized spacial score (nSPS) is 15.4. The van der Waals surface area contributed by atoms with Gasteiger partial charge in [0.1, 0.15) is 11.5 Å². The fourth-order valence-corrected chi connectivity index (χ4v) is 5.19. The minimum absolute atomic E-state index is 0.233. The van der Waals surface area contributed by atoms with Crippen LogP contribution in [0.5, 0.6) is 0 Å². The van der Waals surface area contributed by atoms with Crippen molar-refractivity contribution in [2.45, 2.75) is 38.1 Å². The topological polar surface area (TPSA) is 46.5 Å². The molecule has 1 fully saturated rings. The highest BCUT2D eigenvalue weighted by molar-refractivity contribution is 14.1. The van der Waals surface area contributed by atoms with Crippen molar-refractivity contribution < 1.29 is 4.39 Å². The van der Waals surface area contributed by atoms with E-state index in [1.54, 1.807) is 0 Å². The Morgan fingerprint density at radius 3 is 2.61 bits per heavy atom. The minimum atomic E-state index is -0.233. The first-order valence-corrected chi connectivity index (χ1v) is 10.8. The summed E-state index contributed by atoms with van der Waals surface area (Å²) >= 11 is 2.35. The van der Waals surface area contributed by atoms with Crippen molar-refractivity contribution in [2.24, 2.45) is 0 Å². The lowest BCUT2D eigenvalue weighted by Gasteiger charge is -2.26. The molecule has 0 aliphatic heterocycles. The second-order valence-corrected chi connectivity index (χ2v) is 8.31. The number of aromatic amines is 1. The summed E-state index contributed by atoms with van der Waals surface area (Å²) in [4.78, 5) is 12.6. The van der Waals surface area contributed by atoms with Crippen LogP contribution in [-0.4, -0.2) is 19.5 Å². The van der Waals surface area contributed by atoms with Crippen LogP contribution in [0, 0.1) is 9.65 Å². The van der Waals surface area contributed by atoms with Crippen molar-refractivity contribution in [3.8, 4) is 22.5 Å². The van der Waals surface area contributed by atoms with Crippen LogP contribution in [0.2, 0.25) is 0 Å². The highest BCUT2D eigenvalue weighted by atomic mass is 127. The average Bonchev–Trinajstić information content (AvgIpc) is 3.33. The van der Waals surface area contributed by atoms with Crippen molar-refractivity contribution in [1.29, 1.82) is 0 Å². The Labute approximate surface area is 176 Å². The molecule has 6 heteroatoms. The van der Waals surface area contributed by atoms with Gasteiger partial charge in [-0.2, -0.15) is 0 Å². The second kappa shape index (κ2) is 7.31. The van der Waals surface area contributed by atoms with E-state index in [2.05, 4.69) is 49.3 Å². The van der Waals surface area contributed by atoms with Crippen molar-refractivity contribution in [3.63, 3.8) is 0 Å². The first-order valence-electron chi connectivity index (χ1n) is 9.68. The monoisotopic (exact) mass is 486 g/mol. The van der Waals surface area contributed by atoms with E-state index in [0.29, 0.717) is 6.04 Å². The number of H-pyrrole nitrogens is 1. The summed E-state index contributed by atoms with van der Waals surface area (Å²) < 4.78 is 16.9. The standard InChI is InChI=1S/C22H20FIN4/c23-15-8-6-14(7-9-15)19-20(17-10-12-25-21-18(17)11-13-26-21)28(22(24)27-19)16-4-2-1-3-5-16/h6-13,16H,1-5H2,(H,25,26). The van der Waals surface area contributed by atoms with E-state index in [0.717, 1.165) is 37.4 Å². The van der Waals surface area contributed by atoms with Gasteiger partial charge in [-0.15, -0.1) is 0 Å². The Hall–Kier alpha value is -2.22. The Kier molecular flexibility index (Phi) is 4.66. The summed E-state index contributed by atoms with van der Waals surface area (Å²) in [6.07, 6.45) is 9.91. The molecule has 0 atom stereocenters. The number of halogens is 2. The number of nitrogens with one attached hydrogen (secondary N) is 1. The molecule has 0 spiro atoms. The minimum Gasteiger partial charge on any atom is -0.346 e. The largest absolute Gasteiger partial charge is 0.346 e. The highest BCUT2D eigenvalue weighted by Crippen LogP contribution is 2.41. The molecule has 0 amide bonds. The molecule has 1 saturated carbocycles. The van der Waals surface area contributed by atoms with Gasteiger partial charge in [0.05, 0.1) is 11.4 Å². The van der Waals surface area contributed by atoms with Gasteiger partial charge in [0, 0.05) is 34.9 Å². The summed E-state index contributed by atoms with van der Waals surface area (Å²) in [6, 6.07) is 11.2. The zero-order valence-corrected chi connectivity index (χ0v) is 17.5. The van der Waals surface area contributed by atoms with Crippen LogP contribution in [0.15, 0.2) is 48.8 Å². The van der Waals surface area contributed by atoms with Crippen LogP contribution in [0.1, 0.15) is 38.1 Å². The smallest absolute Gasteiger partial charge is 0.172 e. The predicted molar refractivity (Wildman–Crippen MR) is 118 cm³/mol. The second-order valence-electron chi connectivity index (χ2n) is 7.35. The maximum Gasteiger partial charge on any atom is 0.172 e. The first-order chi connectivity index (χ1) is 13.7. The molecule has 4 aromatic rings. The van der Waals surface area contributed by atoms with E-state index in [1.807, 2.05) is 24.5 Å². The number of aromatic nitrogens is 4. The van der Waals surface area contributed by atoms with E-state index in [4.69, 9.17) is 4.98 Å². The Morgan fingerprint density at radius 2 is 1.82 bits per heavy atom. The summed E-state index contributed by atoms with van der Waals surface area (Å²) in [5.41, 5.74) is 4.93. The molecular weight excluding hydrogens is 466 g/mol. The van der Waals surface area contributed by atoms with Crippen molar-refractivity contribution in [2.75, 3.05) is 0 Å². The molecule has 28 heavy (non-hydrogen) atoms. The zero-order chi connectivity index (χ0) is 19.1. The van der Waals surface area contributed by atoms with E-state index in [9.17, 15) is 4.39 Å². The Bertz CT molecular complexity index is 1120. The summed E-state index contributed by atoms with van der Waals surface area (Å²) in [5, 5.41) is 1.08. The van der Waals surface area contributed by atoms with Gasteiger partial charge in [0.15, 0.2) is 3.83 Å². The zero-order valence-electron chi connectivity index (χ0n) is 15.3. The van der Waals surface area contributed by atoms with Crippen LogP contribution in [0.3, 0.4) is 0 Å². The van der Waals surface area contributed by atoms with E-state index >= 15 is 0 Å². The number of imidazole rings is 1. The summed E-state index contributed by atoms with van der Waals surface area (Å²) in [5.74, 6) is -0.233. The van der Waals surface area contributed by atoms with Gasteiger partial charge in [-0.05, 0) is 71.8 Å². The fourth-order valence-electron chi connectivity index (χ4n) is 4.31. The van der Waals surface area contributed by atoms with E-state index in [-0.39, 0.29) is 5.82 Å². The average molecular weight is 486 g/mol. The summed E-state index contributed by atoms with van der Waals surface area (Å²) in [7, 11) is 0. The van der Waals surface area contributed by atoms with Gasteiger partial charge >= 0.3 is 0 Å². The molecule has 0 bridgehead atoms. The molecule has 142 valence electrons. The van der Waals surface area contributed by atoms with Crippen LogP contribution in [0.4, 0.5) is 4.39 Å². The number of hydrogen-bond acceptors (Lipinski definition) is 2. The lowest BCUT2D eigenvalue weighted by Crippen LogP contribution is -2.15. The van der Waals surface area contributed by atoms with Gasteiger partial charge in [-0.3, -0.25) is 0 Å². The molecule has 0 radical (unpaired) electrons.